The maximum Gasteiger partial charge on any atom is 0.328 e. The van der Waals surface area contributed by atoms with Crippen LogP contribution in [0.25, 0.3) is 0 Å². The van der Waals surface area contributed by atoms with Gasteiger partial charge in [0.1, 0.15) is 11.9 Å². The Hall–Kier alpha value is -2.44. The lowest BCUT2D eigenvalue weighted by molar-refractivity contribution is -0.154. The Morgan fingerprint density at radius 1 is 1.17 bits per heavy atom. The molecule has 1 aliphatic carbocycles. The smallest absolute Gasteiger partial charge is 0.328 e. The highest BCUT2D eigenvalue weighted by atomic mass is 35.5. The minimum atomic E-state index is -0.657. The van der Waals surface area contributed by atoms with Gasteiger partial charge in [0.05, 0.1) is 13.7 Å². The maximum absolute atomic E-state index is 14.3. The largest absolute Gasteiger partial charge is 0.467 e. The lowest BCUT2D eigenvalue weighted by Gasteiger charge is -2.36. The Balaban J connectivity index is 1.55. The first-order valence-corrected chi connectivity index (χ1v) is 10.5. The van der Waals surface area contributed by atoms with Gasteiger partial charge in [-0.3, -0.25) is 9.69 Å². The second-order valence-corrected chi connectivity index (χ2v) is 8.28. The van der Waals surface area contributed by atoms with E-state index >= 15 is 0 Å². The van der Waals surface area contributed by atoms with Gasteiger partial charge in [-0.15, -0.1) is 0 Å². The molecule has 1 heterocycles. The van der Waals surface area contributed by atoms with Gasteiger partial charge in [-0.2, -0.15) is 0 Å². The van der Waals surface area contributed by atoms with Gasteiger partial charge in [0.25, 0.3) is 0 Å². The molecule has 5 nitrogen and oxygen atoms in total. The van der Waals surface area contributed by atoms with Crippen molar-refractivity contribution in [2.24, 2.45) is 0 Å². The first-order valence-electron chi connectivity index (χ1n) is 10.1. The fourth-order valence-corrected chi connectivity index (χ4v) is 4.26. The van der Waals surface area contributed by atoms with E-state index in [4.69, 9.17) is 16.3 Å². The lowest BCUT2D eigenvalue weighted by atomic mass is 9.94. The number of amides is 1. The molecule has 2 aromatic carbocycles. The highest BCUT2D eigenvalue weighted by Gasteiger charge is 2.38. The molecule has 1 amide bonds. The predicted molar refractivity (Wildman–Crippen MR) is 111 cm³/mol. The molecule has 1 atom stereocenters. The van der Waals surface area contributed by atoms with Crippen LogP contribution in [-0.2, 0) is 33.8 Å². The van der Waals surface area contributed by atoms with Crippen molar-refractivity contribution in [3.63, 3.8) is 0 Å². The Kier molecular flexibility index (Phi) is 6.06. The van der Waals surface area contributed by atoms with Crippen molar-refractivity contribution in [1.82, 2.24) is 9.80 Å². The molecule has 0 saturated heterocycles. The summed E-state index contributed by atoms with van der Waals surface area (Å²) >= 11 is 6.20. The average Bonchev–Trinajstić information content (AvgIpc) is 3.59. The molecular formula is C23H24ClFN2O3. The fourth-order valence-electron chi connectivity index (χ4n) is 4.04. The summed E-state index contributed by atoms with van der Waals surface area (Å²) in [6, 6.07) is 12.0. The zero-order chi connectivity index (χ0) is 21.3. The molecule has 30 heavy (non-hydrogen) atoms. The molecule has 0 aromatic heterocycles. The Morgan fingerprint density at radius 3 is 2.57 bits per heavy atom. The number of esters is 1. The Labute approximate surface area is 180 Å². The summed E-state index contributed by atoms with van der Waals surface area (Å²) in [7, 11) is 1.34. The SMILES string of the molecule is COC(=O)C1Cc2ccccc2CN1C(=O)CN(Cc1c(F)cccc1Cl)C1CC1. The summed E-state index contributed by atoms with van der Waals surface area (Å²) in [6.07, 6.45) is 2.35. The normalized spacial score (nSPS) is 18.3. The van der Waals surface area contributed by atoms with Gasteiger partial charge in [-0.05, 0) is 36.1 Å². The van der Waals surface area contributed by atoms with E-state index in [1.807, 2.05) is 29.2 Å². The number of hydrogen-bond donors (Lipinski definition) is 0. The van der Waals surface area contributed by atoms with Crippen LogP contribution in [0.2, 0.25) is 5.02 Å². The van der Waals surface area contributed by atoms with Gasteiger partial charge in [0, 0.05) is 36.1 Å². The molecule has 0 bridgehead atoms. The number of halogens is 2. The molecule has 0 radical (unpaired) electrons. The van der Waals surface area contributed by atoms with E-state index in [1.54, 1.807) is 17.0 Å². The summed E-state index contributed by atoms with van der Waals surface area (Å²) < 4.78 is 19.3. The average molecular weight is 431 g/mol. The number of methoxy groups -OCH3 is 1. The number of ether oxygens (including phenoxy) is 1. The quantitative estimate of drug-likeness (QED) is 0.657. The number of fused-ring (bicyclic) bond motifs is 1. The zero-order valence-electron chi connectivity index (χ0n) is 16.8. The molecule has 158 valence electrons. The first-order chi connectivity index (χ1) is 14.5. The van der Waals surface area contributed by atoms with E-state index in [9.17, 15) is 14.0 Å². The third kappa shape index (κ3) is 4.35. The third-order valence-electron chi connectivity index (χ3n) is 5.87. The van der Waals surface area contributed by atoms with Crippen molar-refractivity contribution in [3.05, 3.63) is 70.0 Å². The fraction of sp³-hybridized carbons (Fsp3) is 0.391. The minimum absolute atomic E-state index is 0.102. The molecule has 2 aromatic rings. The Morgan fingerprint density at radius 2 is 1.90 bits per heavy atom. The predicted octanol–water partition coefficient (Wildman–Crippen LogP) is 3.57. The van der Waals surface area contributed by atoms with Gasteiger partial charge >= 0.3 is 5.97 Å². The van der Waals surface area contributed by atoms with Crippen LogP contribution >= 0.6 is 11.6 Å². The summed E-state index contributed by atoms with van der Waals surface area (Å²) in [5.74, 6) is -0.966. The van der Waals surface area contributed by atoms with Crippen LogP contribution in [0.15, 0.2) is 42.5 Å². The van der Waals surface area contributed by atoms with E-state index in [0.717, 1.165) is 24.0 Å². The lowest BCUT2D eigenvalue weighted by Crippen LogP contribution is -2.52. The second kappa shape index (κ2) is 8.74. The monoisotopic (exact) mass is 430 g/mol. The number of carbonyl (C=O) groups excluding carboxylic acids is 2. The summed E-state index contributed by atoms with van der Waals surface area (Å²) in [4.78, 5) is 29.2. The van der Waals surface area contributed by atoms with Crippen molar-refractivity contribution < 1.29 is 18.7 Å². The molecule has 1 unspecified atom stereocenters. The van der Waals surface area contributed by atoms with E-state index < -0.39 is 12.0 Å². The maximum atomic E-state index is 14.3. The van der Waals surface area contributed by atoms with Crippen molar-refractivity contribution >= 4 is 23.5 Å². The number of hydrogen-bond acceptors (Lipinski definition) is 4. The van der Waals surface area contributed by atoms with Gasteiger partial charge in [0.15, 0.2) is 0 Å². The van der Waals surface area contributed by atoms with Gasteiger partial charge < -0.3 is 9.64 Å². The molecule has 1 aliphatic heterocycles. The summed E-state index contributed by atoms with van der Waals surface area (Å²) in [6.45, 7) is 0.716. The van der Waals surface area contributed by atoms with Crippen molar-refractivity contribution in [3.8, 4) is 0 Å². The zero-order valence-corrected chi connectivity index (χ0v) is 17.6. The number of carbonyl (C=O) groups is 2. The summed E-state index contributed by atoms with van der Waals surface area (Å²) in [5.41, 5.74) is 2.47. The summed E-state index contributed by atoms with van der Waals surface area (Å²) in [5, 5.41) is 0.354. The van der Waals surface area contributed by atoms with Gasteiger partial charge in [-0.25, -0.2) is 9.18 Å². The van der Waals surface area contributed by atoms with E-state index in [2.05, 4.69) is 0 Å². The highest BCUT2D eigenvalue weighted by molar-refractivity contribution is 6.31. The standard InChI is InChI=1S/C23H24ClFN2O3/c1-30-23(29)21-11-15-5-2-3-6-16(15)12-27(21)22(28)14-26(17-9-10-17)13-18-19(24)7-4-8-20(18)25/h2-8,17,21H,9-14H2,1H3. The molecular weight excluding hydrogens is 407 g/mol. The van der Waals surface area contributed by atoms with Crippen molar-refractivity contribution in [1.29, 1.82) is 0 Å². The van der Waals surface area contributed by atoms with Gasteiger partial charge in [-0.1, -0.05) is 41.9 Å². The van der Waals surface area contributed by atoms with Crippen LogP contribution in [-0.4, -0.2) is 47.4 Å². The molecule has 1 fully saturated rings. The Bertz CT molecular complexity index is 943. The van der Waals surface area contributed by atoms with E-state index in [-0.39, 0.29) is 30.9 Å². The number of nitrogens with zero attached hydrogens (tertiary/aromatic N) is 2. The highest BCUT2D eigenvalue weighted by Crippen LogP contribution is 2.31. The van der Waals surface area contributed by atoms with Crippen LogP contribution in [0.4, 0.5) is 4.39 Å². The second-order valence-electron chi connectivity index (χ2n) is 7.87. The molecule has 4 rings (SSSR count). The topological polar surface area (TPSA) is 49.9 Å². The van der Waals surface area contributed by atoms with Crippen LogP contribution in [0, 0.1) is 5.82 Å². The molecule has 2 aliphatic rings. The molecule has 0 spiro atoms. The molecule has 1 saturated carbocycles. The molecule has 0 N–H and O–H groups in total. The first kappa shape index (κ1) is 20.8. The van der Waals surface area contributed by atoms with Crippen LogP contribution in [0.1, 0.15) is 29.5 Å². The van der Waals surface area contributed by atoms with E-state index in [0.29, 0.717) is 23.6 Å². The minimum Gasteiger partial charge on any atom is -0.467 e. The van der Waals surface area contributed by atoms with Crippen LogP contribution in [0.3, 0.4) is 0 Å². The van der Waals surface area contributed by atoms with Gasteiger partial charge in [0.2, 0.25) is 5.91 Å². The van der Waals surface area contributed by atoms with Crippen molar-refractivity contribution in [2.45, 2.75) is 44.4 Å². The van der Waals surface area contributed by atoms with E-state index in [1.165, 1.54) is 13.2 Å². The third-order valence-corrected chi connectivity index (χ3v) is 6.22. The number of benzene rings is 2. The molecule has 7 heteroatoms. The van der Waals surface area contributed by atoms with Crippen LogP contribution in [0.5, 0.6) is 0 Å². The van der Waals surface area contributed by atoms with Crippen LogP contribution < -0.4 is 0 Å². The number of rotatable bonds is 6. The van der Waals surface area contributed by atoms with Crippen molar-refractivity contribution in [2.75, 3.05) is 13.7 Å².